The first-order valence-corrected chi connectivity index (χ1v) is 4.14. The number of likely N-dealkylation sites (tertiary alicyclic amines) is 1. The third-order valence-electron chi connectivity index (χ3n) is 3.05. The van der Waals surface area contributed by atoms with Gasteiger partial charge < -0.3 is 10.6 Å². The van der Waals surface area contributed by atoms with E-state index in [0.29, 0.717) is 6.04 Å². The van der Waals surface area contributed by atoms with Gasteiger partial charge >= 0.3 is 0 Å². The minimum atomic E-state index is 0.434. The van der Waals surface area contributed by atoms with Crippen LogP contribution in [-0.4, -0.2) is 31.1 Å². The lowest BCUT2D eigenvalue weighted by molar-refractivity contribution is 0.331. The number of nitrogens with zero attached hydrogens (tertiary/aromatic N) is 1. The number of hydrogen-bond acceptors (Lipinski definition) is 2. The normalized spacial score (nSPS) is 48.9. The summed E-state index contributed by atoms with van der Waals surface area (Å²) in [5.41, 5.74) is 5.81. The van der Waals surface area contributed by atoms with Crippen LogP contribution in [0.5, 0.6) is 0 Å². The van der Waals surface area contributed by atoms with Crippen LogP contribution < -0.4 is 5.73 Å². The van der Waals surface area contributed by atoms with Gasteiger partial charge in [-0.1, -0.05) is 0 Å². The molecule has 0 aromatic carbocycles. The van der Waals surface area contributed by atoms with Gasteiger partial charge in [-0.25, -0.2) is 0 Å². The molecule has 1 saturated carbocycles. The highest BCUT2D eigenvalue weighted by Gasteiger charge is 2.55. The van der Waals surface area contributed by atoms with E-state index in [1.807, 2.05) is 0 Å². The highest BCUT2D eigenvalue weighted by atomic mass is 15.2. The third kappa shape index (κ3) is 0.789. The topological polar surface area (TPSA) is 29.3 Å². The first-order chi connectivity index (χ1) is 4.70. The summed E-state index contributed by atoms with van der Waals surface area (Å²) in [6, 6.07) is 0.434. The monoisotopic (exact) mass is 140 g/mol. The number of rotatable bonds is 1. The van der Waals surface area contributed by atoms with Crippen molar-refractivity contribution in [2.75, 3.05) is 20.1 Å². The number of fused-ring (bicyclic) bond motifs is 1. The average molecular weight is 140 g/mol. The van der Waals surface area contributed by atoms with Crippen LogP contribution in [0.4, 0.5) is 0 Å². The van der Waals surface area contributed by atoms with Gasteiger partial charge in [-0.05, 0) is 31.7 Å². The van der Waals surface area contributed by atoms with Crippen LogP contribution in [-0.2, 0) is 0 Å². The second kappa shape index (κ2) is 1.95. The summed E-state index contributed by atoms with van der Waals surface area (Å²) in [7, 11) is 2.20. The summed E-state index contributed by atoms with van der Waals surface area (Å²) in [6.45, 7) is 4.72. The molecule has 10 heavy (non-hydrogen) atoms. The summed E-state index contributed by atoms with van der Waals surface area (Å²) in [6.07, 6.45) is 0. The molecule has 1 heterocycles. The van der Waals surface area contributed by atoms with Crippen LogP contribution in [0.1, 0.15) is 6.92 Å². The Morgan fingerprint density at radius 2 is 1.90 bits per heavy atom. The minimum absolute atomic E-state index is 0.434. The maximum Gasteiger partial charge on any atom is 0.00452 e. The van der Waals surface area contributed by atoms with E-state index < -0.39 is 0 Å². The minimum Gasteiger partial charge on any atom is -0.328 e. The molecule has 1 aliphatic heterocycles. The molecule has 2 N–H and O–H groups in total. The van der Waals surface area contributed by atoms with Gasteiger partial charge in [-0.3, -0.25) is 0 Å². The zero-order valence-electron chi connectivity index (χ0n) is 6.75. The van der Waals surface area contributed by atoms with Gasteiger partial charge in [0, 0.05) is 19.1 Å². The average Bonchev–Trinajstić information content (AvgIpc) is 2.32. The number of hydrogen-bond donors (Lipinski definition) is 1. The van der Waals surface area contributed by atoms with Crippen LogP contribution in [0.3, 0.4) is 0 Å². The SMILES string of the molecule is CC(N)C1C2CN(C)CC21. The molecular formula is C8H16N2. The number of nitrogens with two attached hydrogens (primary N) is 1. The van der Waals surface area contributed by atoms with Crippen molar-refractivity contribution in [3.8, 4) is 0 Å². The summed E-state index contributed by atoms with van der Waals surface area (Å²) in [5, 5.41) is 0. The molecule has 2 aliphatic rings. The molecule has 3 atom stereocenters. The predicted molar refractivity (Wildman–Crippen MR) is 41.6 cm³/mol. The van der Waals surface area contributed by atoms with Crippen molar-refractivity contribution in [3.05, 3.63) is 0 Å². The lowest BCUT2D eigenvalue weighted by Crippen LogP contribution is -2.27. The van der Waals surface area contributed by atoms with Crippen LogP contribution in [0, 0.1) is 17.8 Å². The van der Waals surface area contributed by atoms with Gasteiger partial charge in [0.1, 0.15) is 0 Å². The van der Waals surface area contributed by atoms with Crippen LogP contribution >= 0.6 is 0 Å². The quantitative estimate of drug-likeness (QED) is 0.561. The molecule has 2 rings (SSSR count). The highest BCUT2D eigenvalue weighted by Crippen LogP contribution is 2.52. The van der Waals surface area contributed by atoms with Crippen molar-refractivity contribution >= 4 is 0 Å². The molecule has 0 aromatic rings. The molecule has 0 aromatic heterocycles. The van der Waals surface area contributed by atoms with Crippen molar-refractivity contribution in [2.24, 2.45) is 23.5 Å². The Bertz CT molecular complexity index is 132. The van der Waals surface area contributed by atoms with Gasteiger partial charge in [0.2, 0.25) is 0 Å². The fourth-order valence-corrected chi connectivity index (χ4v) is 2.56. The van der Waals surface area contributed by atoms with E-state index in [4.69, 9.17) is 5.73 Å². The van der Waals surface area contributed by atoms with E-state index in [9.17, 15) is 0 Å². The van der Waals surface area contributed by atoms with Gasteiger partial charge in [0.15, 0.2) is 0 Å². The molecular weight excluding hydrogens is 124 g/mol. The number of piperidine rings is 1. The van der Waals surface area contributed by atoms with Gasteiger partial charge in [0.05, 0.1) is 0 Å². The molecule has 1 saturated heterocycles. The Balaban J connectivity index is 1.92. The maximum atomic E-state index is 5.81. The molecule has 3 unspecified atom stereocenters. The zero-order valence-corrected chi connectivity index (χ0v) is 6.75. The zero-order chi connectivity index (χ0) is 7.30. The molecule has 0 bridgehead atoms. The molecule has 58 valence electrons. The first kappa shape index (κ1) is 6.62. The fraction of sp³-hybridized carbons (Fsp3) is 1.00. The van der Waals surface area contributed by atoms with Gasteiger partial charge in [-0.15, -0.1) is 0 Å². The summed E-state index contributed by atoms with van der Waals surface area (Å²) in [4.78, 5) is 2.41. The van der Waals surface area contributed by atoms with Crippen molar-refractivity contribution in [1.29, 1.82) is 0 Å². The Morgan fingerprint density at radius 3 is 2.30 bits per heavy atom. The standard InChI is InChI=1S/C8H16N2/c1-5(9)8-6-3-10(2)4-7(6)8/h5-8H,3-4,9H2,1-2H3. The van der Waals surface area contributed by atoms with E-state index >= 15 is 0 Å². The van der Waals surface area contributed by atoms with E-state index in [2.05, 4.69) is 18.9 Å². The molecule has 2 fully saturated rings. The summed E-state index contributed by atoms with van der Waals surface area (Å²) < 4.78 is 0. The van der Waals surface area contributed by atoms with Crippen molar-refractivity contribution in [1.82, 2.24) is 4.90 Å². The summed E-state index contributed by atoms with van der Waals surface area (Å²) in [5.74, 6) is 2.76. The van der Waals surface area contributed by atoms with E-state index in [1.165, 1.54) is 13.1 Å². The molecule has 0 amide bonds. The van der Waals surface area contributed by atoms with E-state index in [-0.39, 0.29) is 0 Å². The van der Waals surface area contributed by atoms with Gasteiger partial charge in [-0.2, -0.15) is 0 Å². The highest BCUT2D eigenvalue weighted by molar-refractivity contribution is 5.07. The largest absolute Gasteiger partial charge is 0.328 e. The lowest BCUT2D eigenvalue weighted by atomic mass is 10.1. The fourth-order valence-electron chi connectivity index (χ4n) is 2.56. The molecule has 0 spiro atoms. The molecule has 2 nitrogen and oxygen atoms in total. The van der Waals surface area contributed by atoms with Crippen LogP contribution in [0.25, 0.3) is 0 Å². The Hall–Kier alpha value is -0.0800. The predicted octanol–water partition coefficient (Wildman–Crippen LogP) is 0.141. The van der Waals surface area contributed by atoms with Gasteiger partial charge in [0.25, 0.3) is 0 Å². The van der Waals surface area contributed by atoms with Crippen LogP contribution in [0.2, 0.25) is 0 Å². The second-order valence-electron chi connectivity index (χ2n) is 3.99. The molecule has 1 aliphatic carbocycles. The first-order valence-electron chi connectivity index (χ1n) is 4.14. The summed E-state index contributed by atoms with van der Waals surface area (Å²) >= 11 is 0. The van der Waals surface area contributed by atoms with E-state index in [0.717, 1.165) is 17.8 Å². The Morgan fingerprint density at radius 1 is 1.40 bits per heavy atom. The van der Waals surface area contributed by atoms with Crippen molar-refractivity contribution in [2.45, 2.75) is 13.0 Å². The smallest absolute Gasteiger partial charge is 0.00452 e. The second-order valence-corrected chi connectivity index (χ2v) is 3.99. The Labute approximate surface area is 62.4 Å². The van der Waals surface area contributed by atoms with E-state index in [1.54, 1.807) is 0 Å². The van der Waals surface area contributed by atoms with Crippen molar-refractivity contribution in [3.63, 3.8) is 0 Å². The van der Waals surface area contributed by atoms with Crippen LogP contribution in [0.15, 0.2) is 0 Å². The Kier molecular flexibility index (Phi) is 1.29. The molecule has 2 heteroatoms. The molecule has 0 radical (unpaired) electrons. The van der Waals surface area contributed by atoms with Crippen molar-refractivity contribution < 1.29 is 0 Å². The third-order valence-corrected chi connectivity index (χ3v) is 3.05. The maximum absolute atomic E-state index is 5.81. The lowest BCUT2D eigenvalue weighted by Gasteiger charge is -2.14.